The number of carbonyl (C=O) groups excluding carboxylic acids is 1. The van der Waals surface area contributed by atoms with Gasteiger partial charge in [0.2, 0.25) is 5.91 Å². The average molecular weight is 500 g/mol. The summed E-state index contributed by atoms with van der Waals surface area (Å²) in [5.41, 5.74) is 3.30. The molecule has 2 heterocycles. The van der Waals surface area contributed by atoms with E-state index in [2.05, 4.69) is 33.6 Å². The summed E-state index contributed by atoms with van der Waals surface area (Å²) in [6, 6.07) is 6.81. The highest BCUT2D eigenvalue weighted by Gasteiger charge is 2.32. The Morgan fingerprint density at radius 2 is 1.83 bits per heavy atom. The second kappa shape index (κ2) is 10.6. The predicted octanol–water partition coefficient (Wildman–Crippen LogP) is 2.70. The maximum Gasteiger partial charge on any atom is 0.231 e. The molecular weight excluding hydrogens is 462 g/mol. The lowest BCUT2D eigenvalue weighted by molar-refractivity contribution is -0.133. The number of fused-ring (bicyclic) bond motifs is 1. The Hall–Kier alpha value is -2.52. The Kier molecular flexibility index (Phi) is 7.76. The van der Waals surface area contributed by atoms with Gasteiger partial charge in [-0.3, -0.25) is 4.79 Å². The topological polar surface area (TPSA) is 86.7 Å². The number of sulfone groups is 1. The second-order valence-electron chi connectivity index (χ2n) is 9.97. The molecule has 2 aliphatic rings. The SMILES string of the molecule is CCCN(C)C[C@@H](C(=O)N1CCN(c2ncnc3c2[C@H](C)CC3)CC1)c1ccc(S(C)(=O)=O)cc1. The van der Waals surface area contributed by atoms with E-state index in [1.807, 2.05) is 11.9 Å². The van der Waals surface area contributed by atoms with Gasteiger partial charge >= 0.3 is 0 Å². The van der Waals surface area contributed by atoms with Crippen molar-refractivity contribution in [3.05, 3.63) is 47.4 Å². The van der Waals surface area contributed by atoms with Crippen molar-refractivity contribution in [2.24, 2.45) is 0 Å². The number of aryl methyl sites for hydroxylation is 1. The summed E-state index contributed by atoms with van der Waals surface area (Å²) >= 11 is 0. The Morgan fingerprint density at radius 1 is 1.14 bits per heavy atom. The number of benzene rings is 1. The molecule has 0 N–H and O–H groups in total. The van der Waals surface area contributed by atoms with E-state index in [0.717, 1.165) is 56.0 Å². The van der Waals surface area contributed by atoms with Gasteiger partial charge in [0.1, 0.15) is 12.1 Å². The number of hydrogen-bond donors (Lipinski definition) is 0. The minimum Gasteiger partial charge on any atom is -0.353 e. The molecule has 1 aliphatic heterocycles. The summed E-state index contributed by atoms with van der Waals surface area (Å²) in [7, 11) is -1.25. The van der Waals surface area contributed by atoms with Crippen molar-refractivity contribution < 1.29 is 13.2 Å². The van der Waals surface area contributed by atoms with Gasteiger partial charge in [-0.1, -0.05) is 26.0 Å². The fraction of sp³-hybridized carbons (Fsp3) is 0.577. The molecular formula is C26H37N5O3S. The first-order chi connectivity index (χ1) is 16.7. The third-order valence-electron chi connectivity index (χ3n) is 7.25. The molecule has 1 amide bonds. The molecule has 8 nitrogen and oxygen atoms in total. The molecule has 35 heavy (non-hydrogen) atoms. The lowest BCUT2D eigenvalue weighted by Gasteiger charge is -2.38. The standard InChI is InChI=1S/C26H37N5O3S/c1-5-12-29(3)17-22(20-7-9-21(10-8-20)35(4,33)34)26(32)31-15-13-30(14-16-31)25-24-19(2)6-11-23(24)27-18-28-25/h7-10,18-19,22H,5-6,11-17H2,1-4H3/t19-,22-/m1/s1. The van der Waals surface area contributed by atoms with Gasteiger partial charge in [-0.2, -0.15) is 0 Å². The van der Waals surface area contributed by atoms with E-state index in [4.69, 9.17) is 0 Å². The Labute approximate surface area is 209 Å². The fourth-order valence-corrected chi connectivity index (χ4v) is 5.92. The summed E-state index contributed by atoms with van der Waals surface area (Å²) in [5.74, 6) is 1.26. The maximum atomic E-state index is 13.7. The minimum absolute atomic E-state index is 0.0981. The molecule has 9 heteroatoms. The molecule has 1 aliphatic carbocycles. The first-order valence-corrected chi connectivity index (χ1v) is 14.4. The van der Waals surface area contributed by atoms with Crippen molar-refractivity contribution in [2.45, 2.75) is 49.8 Å². The number of likely N-dealkylation sites (N-methyl/N-ethyl adjacent to an activating group) is 1. The van der Waals surface area contributed by atoms with E-state index >= 15 is 0 Å². The van der Waals surface area contributed by atoms with E-state index in [1.54, 1.807) is 30.6 Å². The second-order valence-corrected chi connectivity index (χ2v) is 12.0. The molecule has 4 rings (SSSR count). The van der Waals surface area contributed by atoms with Gasteiger partial charge < -0.3 is 14.7 Å². The molecule has 1 aromatic carbocycles. The summed E-state index contributed by atoms with van der Waals surface area (Å²) in [6.45, 7) is 8.63. The zero-order valence-electron chi connectivity index (χ0n) is 21.3. The lowest BCUT2D eigenvalue weighted by atomic mass is 9.96. The molecule has 1 fully saturated rings. The third-order valence-corrected chi connectivity index (χ3v) is 8.38. The van der Waals surface area contributed by atoms with Gasteiger partial charge in [0.15, 0.2) is 9.84 Å². The quantitative estimate of drug-likeness (QED) is 0.552. The first kappa shape index (κ1) is 25.6. The molecule has 0 radical (unpaired) electrons. The maximum absolute atomic E-state index is 13.7. The zero-order chi connectivity index (χ0) is 25.2. The van der Waals surface area contributed by atoms with E-state index in [9.17, 15) is 13.2 Å². The van der Waals surface area contributed by atoms with Gasteiger partial charge in [0.25, 0.3) is 0 Å². The molecule has 0 spiro atoms. The van der Waals surface area contributed by atoms with Crippen LogP contribution in [0.15, 0.2) is 35.5 Å². The molecule has 190 valence electrons. The van der Waals surface area contributed by atoms with Gasteiger partial charge in [-0.15, -0.1) is 0 Å². The van der Waals surface area contributed by atoms with Crippen LogP contribution in [0.1, 0.15) is 55.3 Å². The van der Waals surface area contributed by atoms with E-state index in [1.165, 1.54) is 11.8 Å². The number of anilines is 1. The summed E-state index contributed by atoms with van der Waals surface area (Å²) < 4.78 is 23.8. The highest BCUT2D eigenvalue weighted by molar-refractivity contribution is 7.90. The van der Waals surface area contributed by atoms with Crippen molar-refractivity contribution in [3.8, 4) is 0 Å². The number of aromatic nitrogens is 2. The number of nitrogens with zero attached hydrogens (tertiary/aromatic N) is 5. The van der Waals surface area contributed by atoms with Crippen molar-refractivity contribution >= 4 is 21.6 Å². The molecule has 0 saturated carbocycles. The predicted molar refractivity (Wildman–Crippen MR) is 138 cm³/mol. The number of hydrogen-bond acceptors (Lipinski definition) is 7. The average Bonchev–Trinajstić information content (AvgIpc) is 3.23. The largest absolute Gasteiger partial charge is 0.353 e. The Morgan fingerprint density at radius 3 is 2.46 bits per heavy atom. The number of piperazine rings is 1. The van der Waals surface area contributed by atoms with Crippen LogP contribution < -0.4 is 4.90 Å². The van der Waals surface area contributed by atoms with Crippen LogP contribution in [0, 0.1) is 0 Å². The van der Waals surface area contributed by atoms with Crippen molar-refractivity contribution in [1.82, 2.24) is 19.8 Å². The van der Waals surface area contributed by atoms with E-state index < -0.39 is 9.84 Å². The number of rotatable bonds is 8. The summed E-state index contributed by atoms with van der Waals surface area (Å²) in [4.78, 5) is 29.5. The van der Waals surface area contributed by atoms with Gasteiger partial charge in [0.05, 0.1) is 10.8 Å². The number of amides is 1. The van der Waals surface area contributed by atoms with Crippen LogP contribution in [0.4, 0.5) is 5.82 Å². The molecule has 2 atom stereocenters. The monoisotopic (exact) mass is 499 g/mol. The smallest absolute Gasteiger partial charge is 0.231 e. The highest BCUT2D eigenvalue weighted by Crippen LogP contribution is 2.37. The fourth-order valence-electron chi connectivity index (χ4n) is 5.29. The van der Waals surface area contributed by atoms with Crippen molar-refractivity contribution in [3.63, 3.8) is 0 Å². The summed E-state index contributed by atoms with van der Waals surface area (Å²) in [6.07, 6.45) is 6.00. The van der Waals surface area contributed by atoms with Gasteiger partial charge in [-0.25, -0.2) is 18.4 Å². The molecule has 0 bridgehead atoms. The van der Waals surface area contributed by atoms with Crippen LogP contribution in [0.5, 0.6) is 0 Å². The van der Waals surface area contributed by atoms with Crippen molar-refractivity contribution in [1.29, 1.82) is 0 Å². The minimum atomic E-state index is -3.28. The van der Waals surface area contributed by atoms with E-state index in [0.29, 0.717) is 25.6 Å². The van der Waals surface area contributed by atoms with Crippen LogP contribution in [0.2, 0.25) is 0 Å². The normalized spacial score (nSPS) is 19.2. The lowest BCUT2D eigenvalue weighted by Crippen LogP contribution is -2.51. The molecule has 2 aromatic rings. The summed E-state index contributed by atoms with van der Waals surface area (Å²) in [5, 5.41) is 0. The van der Waals surface area contributed by atoms with Gasteiger partial charge in [-0.05, 0) is 56.5 Å². The first-order valence-electron chi connectivity index (χ1n) is 12.5. The van der Waals surface area contributed by atoms with Crippen LogP contribution >= 0.6 is 0 Å². The highest BCUT2D eigenvalue weighted by atomic mass is 32.2. The van der Waals surface area contributed by atoms with Crippen LogP contribution in [-0.4, -0.2) is 86.7 Å². The molecule has 0 unspecified atom stereocenters. The van der Waals surface area contributed by atoms with E-state index in [-0.39, 0.29) is 16.7 Å². The van der Waals surface area contributed by atoms with Crippen LogP contribution in [0.25, 0.3) is 0 Å². The van der Waals surface area contributed by atoms with Gasteiger partial charge in [0, 0.05) is 50.2 Å². The zero-order valence-corrected chi connectivity index (χ0v) is 22.1. The molecule has 1 saturated heterocycles. The third kappa shape index (κ3) is 5.67. The van der Waals surface area contributed by atoms with Crippen LogP contribution in [-0.2, 0) is 21.1 Å². The molecule has 1 aromatic heterocycles. The Balaban J connectivity index is 1.50. The van der Waals surface area contributed by atoms with Crippen LogP contribution in [0.3, 0.4) is 0 Å². The van der Waals surface area contributed by atoms with Crippen molar-refractivity contribution in [2.75, 3.05) is 57.5 Å². The number of carbonyl (C=O) groups is 1. The Bertz CT molecular complexity index is 1140.